The second-order valence-electron chi connectivity index (χ2n) is 6.82. The van der Waals surface area contributed by atoms with E-state index in [1.807, 2.05) is 7.05 Å². The number of nitrogens with one attached hydrogen (secondary N) is 2. The van der Waals surface area contributed by atoms with Crippen molar-refractivity contribution in [2.24, 2.45) is 0 Å². The third-order valence-electron chi connectivity index (χ3n) is 4.70. The fourth-order valence-electron chi connectivity index (χ4n) is 3.18. The maximum Gasteiger partial charge on any atom is 0.419 e. The van der Waals surface area contributed by atoms with Crippen LogP contribution in [-0.4, -0.2) is 48.2 Å². The lowest BCUT2D eigenvalue weighted by atomic mass is 10.1. The molecule has 0 atom stereocenters. The highest BCUT2D eigenvalue weighted by Crippen LogP contribution is 2.33. The summed E-state index contributed by atoms with van der Waals surface area (Å²) in [7, 11) is 1.85. The van der Waals surface area contributed by atoms with Gasteiger partial charge in [0, 0.05) is 43.9 Å². The molecule has 2 heterocycles. The Kier molecular flexibility index (Phi) is 7.45. The first-order valence-electron chi connectivity index (χ1n) is 9.38. The summed E-state index contributed by atoms with van der Waals surface area (Å²) in [6, 6.07) is 3.19. The predicted octanol–water partition coefficient (Wildman–Crippen LogP) is 3.45. The van der Waals surface area contributed by atoms with Gasteiger partial charge in [0.05, 0.1) is 24.5 Å². The molecule has 1 aliphatic rings. The Bertz CT molecular complexity index is 881. The molecule has 0 bridgehead atoms. The second kappa shape index (κ2) is 9.86. The van der Waals surface area contributed by atoms with E-state index < -0.39 is 17.6 Å². The molecule has 3 rings (SSSR count). The van der Waals surface area contributed by atoms with Crippen LogP contribution in [-0.2, 0) is 30.5 Å². The van der Waals surface area contributed by atoms with Crippen molar-refractivity contribution in [1.29, 1.82) is 0 Å². The molecule has 1 aliphatic heterocycles. The lowest BCUT2D eigenvalue weighted by Gasteiger charge is -2.15. The van der Waals surface area contributed by atoms with E-state index in [9.17, 15) is 17.6 Å². The molecule has 0 radical (unpaired) electrons. The molecule has 0 unspecified atom stereocenters. The number of hydrogen-bond acceptors (Lipinski definition) is 6. The van der Waals surface area contributed by atoms with Crippen molar-refractivity contribution >= 4 is 17.4 Å². The Morgan fingerprint density at radius 3 is 2.73 bits per heavy atom. The summed E-state index contributed by atoms with van der Waals surface area (Å²) < 4.78 is 58.6. The van der Waals surface area contributed by atoms with Crippen molar-refractivity contribution in [3.05, 3.63) is 51.7 Å². The minimum absolute atomic E-state index is 0.0212. The molecule has 0 amide bonds. The van der Waals surface area contributed by atoms with Crippen LogP contribution in [0, 0.1) is 5.82 Å². The molecule has 0 aliphatic carbocycles. The highest BCUT2D eigenvalue weighted by molar-refractivity contribution is 6.28. The van der Waals surface area contributed by atoms with Gasteiger partial charge in [0.25, 0.3) is 0 Å². The summed E-state index contributed by atoms with van der Waals surface area (Å²) in [5.74, 6) is -0.907. The zero-order valence-corrected chi connectivity index (χ0v) is 17.1. The molecule has 1 aromatic heterocycles. The standard InChI is InChI=1S/C19H22ClF4N5O/c1-25-5-7-30-8-6-29-10-13-15(11-29)27-18(20)28-17(13)26-9-12-3-2-4-14(16(12)21)19(22,23)24/h2-4,25H,5-11H2,1H3,(H,26,27,28). The van der Waals surface area contributed by atoms with Crippen LogP contribution in [0.2, 0.25) is 5.28 Å². The van der Waals surface area contributed by atoms with Crippen LogP contribution >= 0.6 is 11.6 Å². The van der Waals surface area contributed by atoms with Crippen LogP contribution < -0.4 is 10.6 Å². The van der Waals surface area contributed by atoms with Crippen LogP contribution in [0.3, 0.4) is 0 Å². The minimum Gasteiger partial charge on any atom is -0.379 e. The Morgan fingerprint density at radius 1 is 1.20 bits per heavy atom. The second-order valence-corrected chi connectivity index (χ2v) is 7.16. The van der Waals surface area contributed by atoms with E-state index in [0.29, 0.717) is 44.7 Å². The number of ether oxygens (including phenoxy) is 1. The minimum atomic E-state index is -4.75. The zero-order valence-electron chi connectivity index (χ0n) is 16.3. The average molecular weight is 448 g/mol. The highest BCUT2D eigenvalue weighted by atomic mass is 35.5. The SMILES string of the molecule is CNCCOCCN1Cc2nc(Cl)nc(NCc3cccc(C(F)(F)F)c3F)c2C1. The number of anilines is 1. The van der Waals surface area contributed by atoms with Crippen LogP contribution in [0.15, 0.2) is 18.2 Å². The van der Waals surface area contributed by atoms with Gasteiger partial charge in [0.2, 0.25) is 5.28 Å². The van der Waals surface area contributed by atoms with E-state index in [4.69, 9.17) is 16.3 Å². The van der Waals surface area contributed by atoms with Crippen molar-refractivity contribution in [1.82, 2.24) is 20.2 Å². The summed E-state index contributed by atoms with van der Waals surface area (Å²) in [5.41, 5.74) is 0.123. The number of alkyl halides is 3. The first-order chi connectivity index (χ1) is 14.3. The third kappa shape index (κ3) is 5.57. The van der Waals surface area contributed by atoms with Gasteiger partial charge in [-0.1, -0.05) is 12.1 Å². The van der Waals surface area contributed by atoms with E-state index in [1.165, 1.54) is 12.1 Å². The third-order valence-corrected chi connectivity index (χ3v) is 4.87. The van der Waals surface area contributed by atoms with Crippen molar-refractivity contribution in [3.63, 3.8) is 0 Å². The summed E-state index contributed by atoms with van der Waals surface area (Å²) in [6.45, 7) is 3.53. The molecule has 11 heteroatoms. The summed E-state index contributed by atoms with van der Waals surface area (Å²) in [4.78, 5) is 10.5. The normalized spacial score (nSPS) is 14.2. The Hall–Kier alpha value is -2.01. The van der Waals surface area contributed by atoms with Crippen LogP contribution in [0.1, 0.15) is 22.4 Å². The fourth-order valence-corrected chi connectivity index (χ4v) is 3.36. The molecule has 2 aromatic rings. The molecule has 2 N–H and O–H groups in total. The number of benzene rings is 1. The molecule has 164 valence electrons. The number of hydrogen-bond donors (Lipinski definition) is 2. The lowest BCUT2D eigenvalue weighted by molar-refractivity contribution is -0.140. The van der Waals surface area contributed by atoms with Gasteiger partial charge < -0.3 is 15.4 Å². The van der Waals surface area contributed by atoms with E-state index in [1.54, 1.807) is 0 Å². The molecular formula is C19H22ClF4N5O. The van der Waals surface area contributed by atoms with Crippen LogP contribution in [0.4, 0.5) is 23.4 Å². The van der Waals surface area contributed by atoms with Crippen molar-refractivity contribution in [2.45, 2.75) is 25.8 Å². The van der Waals surface area contributed by atoms with E-state index >= 15 is 0 Å². The molecule has 6 nitrogen and oxygen atoms in total. The molecular weight excluding hydrogens is 426 g/mol. The Labute approximate surface area is 176 Å². The van der Waals surface area contributed by atoms with Gasteiger partial charge in [-0.3, -0.25) is 4.90 Å². The summed E-state index contributed by atoms with van der Waals surface area (Å²) in [5, 5.41) is 5.94. The summed E-state index contributed by atoms with van der Waals surface area (Å²) >= 11 is 6.00. The van der Waals surface area contributed by atoms with Crippen LogP contribution in [0.25, 0.3) is 0 Å². The van der Waals surface area contributed by atoms with E-state index in [0.717, 1.165) is 17.8 Å². The number of aromatic nitrogens is 2. The molecule has 0 spiro atoms. The largest absolute Gasteiger partial charge is 0.419 e. The summed E-state index contributed by atoms with van der Waals surface area (Å²) in [6.07, 6.45) is -4.75. The van der Waals surface area contributed by atoms with Crippen molar-refractivity contribution in [3.8, 4) is 0 Å². The number of nitrogens with zero attached hydrogens (tertiary/aromatic N) is 3. The molecule has 0 fully saturated rings. The molecule has 1 aromatic carbocycles. The quantitative estimate of drug-likeness (QED) is 0.349. The van der Waals surface area contributed by atoms with Crippen molar-refractivity contribution < 1.29 is 22.3 Å². The van der Waals surface area contributed by atoms with Gasteiger partial charge in [0.1, 0.15) is 11.6 Å². The van der Waals surface area contributed by atoms with Gasteiger partial charge >= 0.3 is 6.18 Å². The fraction of sp³-hybridized carbons (Fsp3) is 0.474. The van der Waals surface area contributed by atoms with E-state index in [-0.39, 0.29) is 17.4 Å². The molecule has 0 saturated heterocycles. The Morgan fingerprint density at radius 2 is 2.00 bits per heavy atom. The molecule has 0 saturated carbocycles. The number of fused-ring (bicyclic) bond motifs is 1. The van der Waals surface area contributed by atoms with Gasteiger partial charge in [-0.25, -0.2) is 14.4 Å². The number of likely N-dealkylation sites (N-methyl/N-ethyl adjacent to an activating group) is 1. The number of rotatable bonds is 9. The van der Waals surface area contributed by atoms with Crippen molar-refractivity contribution in [2.75, 3.05) is 38.7 Å². The topological polar surface area (TPSA) is 62.3 Å². The van der Waals surface area contributed by atoms with Gasteiger partial charge in [0.15, 0.2) is 0 Å². The first-order valence-corrected chi connectivity index (χ1v) is 9.76. The van der Waals surface area contributed by atoms with Crippen LogP contribution in [0.5, 0.6) is 0 Å². The first kappa shape index (κ1) is 22.7. The lowest BCUT2D eigenvalue weighted by Crippen LogP contribution is -2.23. The maximum atomic E-state index is 14.3. The van der Waals surface area contributed by atoms with Gasteiger partial charge in [-0.2, -0.15) is 13.2 Å². The number of halogens is 5. The smallest absolute Gasteiger partial charge is 0.379 e. The maximum absolute atomic E-state index is 14.3. The van der Waals surface area contributed by atoms with E-state index in [2.05, 4.69) is 25.5 Å². The molecule has 30 heavy (non-hydrogen) atoms. The zero-order chi connectivity index (χ0) is 21.7. The monoisotopic (exact) mass is 447 g/mol. The predicted molar refractivity (Wildman–Crippen MR) is 105 cm³/mol. The average Bonchev–Trinajstić information content (AvgIpc) is 3.08. The highest BCUT2D eigenvalue weighted by Gasteiger charge is 2.34. The van der Waals surface area contributed by atoms with Gasteiger partial charge in [-0.05, 0) is 24.7 Å². The Balaban J connectivity index is 1.67. The van der Waals surface area contributed by atoms with Gasteiger partial charge in [-0.15, -0.1) is 0 Å².